The van der Waals surface area contributed by atoms with Gasteiger partial charge in [0.15, 0.2) is 11.5 Å². The topological polar surface area (TPSA) is 59.9 Å². The van der Waals surface area contributed by atoms with E-state index in [9.17, 15) is 9.18 Å². The number of halogens is 1. The highest BCUT2D eigenvalue weighted by atomic mass is 19.1. The molecule has 2 aromatic carbocycles. The second kappa shape index (κ2) is 6.93. The number of hydrazone groups is 1. The van der Waals surface area contributed by atoms with E-state index in [0.717, 1.165) is 0 Å². The number of hydrogen-bond acceptors (Lipinski definition) is 4. The molecule has 0 radical (unpaired) electrons. The van der Waals surface area contributed by atoms with E-state index in [1.165, 1.54) is 12.3 Å². The number of nitrogens with zero attached hydrogens (tertiary/aromatic N) is 1. The second-order valence-corrected chi connectivity index (χ2v) is 6.62. The Morgan fingerprint density at radius 1 is 1.16 bits per heavy atom. The fraction of sp³-hybridized carbons (Fsp3) is 0.263. The Morgan fingerprint density at radius 2 is 1.88 bits per heavy atom. The number of fused-ring (bicyclic) bond motifs is 1. The summed E-state index contributed by atoms with van der Waals surface area (Å²) in [4.78, 5) is 12.2. The van der Waals surface area contributed by atoms with Gasteiger partial charge in [0.05, 0.1) is 19.4 Å². The minimum absolute atomic E-state index is 0.106. The number of carbonyl (C=O) groups is 1. The summed E-state index contributed by atoms with van der Waals surface area (Å²) in [5.41, 5.74) is 2.95. The second-order valence-electron chi connectivity index (χ2n) is 6.62. The Hall–Kier alpha value is -2.89. The van der Waals surface area contributed by atoms with Crippen molar-refractivity contribution in [3.8, 4) is 11.5 Å². The molecule has 1 amide bonds. The molecule has 25 heavy (non-hydrogen) atoms. The zero-order valence-electron chi connectivity index (χ0n) is 14.1. The van der Waals surface area contributed by atoms with Crippen LogP contribution in [-0.4, -0.2) is 25.3 Å². The van der Waals surface area contributed by atoms with Crippen molar-refractivity contribution in [1.82, 2.24) is 5.43 Å². The molecule has 0 saturated heterocycles. The maximum Gasteiger partial charge on any atom is 0.271 e. The van der Waals surface area contributed by atoms with E-state index in [1.807, 2.05) is 13.8 Å². The van der Waals surface area contributed by atoms with E-state index in [1.54, 1.807) is 36.4 Å². The Kier molecular flexibility index (Phi) is 4.70. The van der Waals surface area contributed by atoms with Crippen LogP contribution in [0, 0.1) is 11.2 Å². The SMILES string of the molecule is CC1(C)COc2ccc(C(=O)N/N=C\c3ccccc3F)cc2OC1. The molecule has 0 unspecified atom stereocenters. The normalized spacial score (nSPS) is 15.6. The third-order valence-corrected chi connectivity index (χ3v) is 3.72. The van der Waals surface area contributed by atoms with Gasteiger partial charge in [-0.2, -0.15) is 5.10 Å². The van der Waals surface area contributed by atoms with Crippen LogP contribution in [0.15, 0.2) is 47.6 Å². The predicted molar refractivity (Wildman–Crippen MR) is 92.7 cm³/mol. The average molecular weight is 342 g/mol. The summed E-state index contributed by atoms with van der Waals surface area (Å²) in [5, 5.41) is 3.80. The van der Waals surface area contributed by atoms with E-state index in [-0.39, 0.29) is 5.41 Å². The van der Waals surface area contributed by atoms with Crippen LogP contribution in [0.1, 0.15) is 29.8 Å². The van der Waals surface area contributed by atoms with Crippen molar-refractivity contribution in [2.24, 2.45) is 10.5 Å². The molecule has 0 bridgehead atoms. The van der Waals surface area contributed by atoms with Crippen molar-refractivity contribution in [3.05, 3.63) is 59.4 Å². The van der Waals surface area contributed by atoms with Crippen LogP contribution in [0.4, 0.5) is 4.39 Å². The maximum absolute atomic E-state index is 13.5. The number of nitrogens with one attached hydrogen (secondary N) is 1. The van der Waals surface area contributed by atoms with Gasteiger partial charge >= 0.3 is 0 Å². The molecule has 1 N–H and O–H groups in total. The molecule has 0 aliphatic carbocycles. The smallest absolute Gasteiger partial charge is 0.271 e. The lowest BCUT2D eigenvalue weighted by Crippen LogP contribution is -2.26. The van der Waals surface area contributed by atoms with Crippen LogP contribution in [0.3, 0.4) is 0 Å². The molecule has 0 aromatic heterocycles. The third kappa shape index (κ3) is 4.15. The molecule has 0 saturated carbocycles. The molecule has 1 aliphatic rings. The summed E-state index contributed by atoms with van der Waals surface area (Å²) in [6, 6.07) is 11.1. The average Bonchev–Trinajstić information content (AvgIpc) is 2.75. The molecule has 1 heterocycles. The number of ether oxygens (including phenoxy) is 2. The Labute approximate surface area is 145 Å². The quantitative estimate of drug-likeness (QED) is 0.687. The number of carbonyl (C=O) groups excluding carboxylic acids is 1. The number of rotatable bonds is 3. The molecule has 0 spiro atoms. The van der Waals surface area contributed by atoms with Crippen LogP contribution < -0.4 is 14.9 Å². The van der Waals surface area contributed by atoms with Gasteiger partial charge in [0, 0.05) is 16.5 Å². The van der Waals surface area contributed by atoms with E-state index < -0.39 is 11.7 Å². The standard InChI is InChI=1S/C19H19FN2O3/c1-19(2)11-24-16-8-7-13(9-17(16)25-12-19)18(23)22-21-10-14-5-3-4-6-15(14)20/h3-10H,11-12H2,1-2H3,(H,22,23)/b21-10-. The van der Waals surface area contributed by atoms with Crippen molar-refractivity contribution in [2.75, 3.05) is 13.2 Å². The van der Waals surface area contributed by atoms with Crippen LogP contribution >= 0.6 is 0 Å². The molecule has 6 heteroatoms. The molecule has 5 nitrogen and oxygen atoms in total. The lowest BCUT2D eigenvalue weighted by Gasteiger charge is -2.19. The van der Waals surface area contributed by atoms with E-state index in [4.69, 9.17) is 9.47 Å². The van der Waals surface area contributed by atoms with Crippen LogP contribution in [0.2, 0.25) is 0 Å². The first-order valence-corrected chi connectivity index (χ1v) is 7.92. The van der Waals surface area contributed by atoms with Crippen molar-refractivity contribution in [1.29, 1.82) is 0 Å². The van der Waals surface area contributed by atoms with Gasteiger partial charge in [0.1, 0.15) is 5.82 Å². The Bertz CT molecular complexity index is 818. The largest absolute Gasteiger partial charge is 0.489 e. The molecule has 130 valence electrons. The van der Waals surface area contributed by atoms with Gasteiger partial charge in [0.25, 0.3) is 5.91 Å². The highest BCUT2D eigenvalue weighted by Gasteiger charge is 2.25. The summed E-state index contributed by atoms with van der Waals surface area (Å²) < 4.78 is 25.0. The van der Waals surface area contributed by atoms with Crippen LogP contribution in [0.5, 0.6) is 11.5 Å². The zero-order valence-corrected chi connectivity index (χ0v) is 14.1. The minimum atomic E-state index is -0.414. The van der Waals surface area contributed by atoms with Gasteiger partial charge in [0.2, 0.25) is 0 Å². The Balaban J connectivity index is 1.69. The highest BCUT2D eigenvalue weighted by Crippen LogP contribution is 2.34. The van der Waals surface area contributed by atoms with Gasteiger partial charge in [-0.15, -0.1) is 0 Å². The highest BCUT2D eigenvalue weighted by molar-refractivity contribution is 5.95. The summed E-state index contributed by atoms with van der Waals surface area (Å²) in [6.07, 6.45) is 1.26. The van der Waals surface area contributed by atoms with Gasteiger partial charge < -0.3 is 9.47 Å². The van der Waals surface area contributed by atoms with Crippen molar-refractivity contribution < 1.29 is 18.7 Å². The van der Waals surface area contributed by atoms with Crippen molar-refractivity contribution in [2.45, 2.75) is 13.8 Å². The fourth-order valence-corrected chi connectivity index (χ4v) is 2.27. The maximum atomic E-state index is 13.5. The molecule has 3 rings (SSSR count). The monoisotopic (exact) mass is 342 g/mol. The summed E-state index contributed by atoms with van der Waals surface area (Å²) >= 11 is 0. The van der Waals surface area contributed by atoms with Crippen LogP contribution in [-0.2, 0) is 0 Å². The van der Waals surface area contributed by atoms with Gasteiger partial charge in [-0.3, -0.25) is 4.79 Å². The minimum Gasteiger partial charge on any atom is -0.489 e. The van der Waals surface area contributed by atoms with Crippen LogP contribution in [0.25, 0.3) is 0 Å². The lowest BCUT2D eigenvalue weighted by atomic mass is 9.97. The zero-order chi connectivity index (χ0) is 17.9. The molecule has 2 aromatic rings. The van der Waals surface area contributed by atoms with E-state index >= 15 is 0 Å². The first-order chi connectivity index (χ1) is 11.9. The first-order valence-electron chi connectivity index (χ1n) is 7.92. The number of amides is 1. The van der Waals surface area contributed by atoms with Crippen molar-refractivity contribution >= 4 is 12.1 Å². The fourth-order valence-electron chi connectivity index (χ4n) is 2.27. The Morgan fingerprint density at radius 3 is 2.64 bits per heavy atom. The van der Waals surface area contributed by atoms with Gasteiger partial charge in [-0.05, 0) is 24.3 Å². The predicted octanol–water partition coefficient (Wildman–Crippen LogP) is 3.39. The molecular weight excluding hydrogens is 323 g/mol. The van der Waals surface area contributed by atoms with E-state index in [2.05, 4.69) is 10.5 Å². The molecule has 0 atom stereocenters. The molecular formula is C19H19FN2O3. The van der Waals surface area contributed by atoms with Crippen molar-refractivity contribution in [3.63, 3.8) is 0 Å². The van der Waals surface area contributed by atoms with E-state index in [0.29, 0.717) is 35.8 Å². The third-order valence-electron chi connectivity index (χ3n) is 3.72. The lowest BCUT2D eigenvalue weighted by molar-refractivity contribution is 0.0954. The molecule has 0 fully saturated rings. The van der Waals surface area contributed by atoms with Gasteiger partial charge in [-0.1, -0.05) is 32.0 Å². The summed E-state index contributed by atoms with van der Waals surface area (Å²) in [6.45, 7) is 5.13. The molecule has 1 aliphatic heterocycles. The van der Waals surface area contributed by atoms with Gasteiger partial charge in [-0.25, -0.2) is 9.82 Å². The summed E-state index contributed by atoms with van der Waals surface area (Å²) in [7, 11) is 0. The first kappa shape index (κ1) is 17.0. The number of benzene rings is 2. The number of hydrogen-bond donors (Lipinski definition) is 1. The summed E-state index contributed by atoms with van der Waals surface area (Å²) in [5.74, 6) is 0.314.